The number of nitrogens with zero attached hydrogens (tertiary/aromatic N) is 9. The fourth-order valence-corrected chi connectivity index (χ4v) is 16.0. The predicted molar refractivity (Wildman–Crippen MR) is 442 cm³/mol. The highest BCUT2D eigenvalue weighted by molar-refractivity contribution is 6.39. The first-order valence-corrected chi connectivity index (χ1v) is 42.4. The highest BCUT2D eigenvalue weighted by Gasteiger charge is 2.53. The molecule has 33 heteroatoms. The number of carbonyl (C=O) groups excluding carboxylic acids is 7. The van der Waals surface area contributed by atoms with E-state index in [1.807, 2.05) is 69.5 Å². The third kappa shape index (κ3) is 28.0. The lowest BCUT2D eigenvalue weighted by molar-refractivity contribution is -0.265. The zero-order chi connectivity index (χ0) is 85.5. The molecule has 5 aromatic rings. The number of aromatic nitrogens is 8. The number of hydrogen-bond acceptors (Lipinski definition) is 28. The Morgan fingerprint density at radius 1 is 0.756 bits per heavy atom. The van der Waals surface area contributed by atoms with E-state index >= 15 is 0 Å². The van der Waals surface area contributed by atoms with Crippen molar-refractivity contribution in [1.29, 1.82) is 0 Å². The van der Waals surface area contributed by atoms with Gasteiger partial charge in [-0.25, -0.2) is 24.1 Å². The van der Waals surface area contributed by atoms with Gasteiger partial charge in [-0.1, -0.05) is 76.3 Å². The van der Waals surface area contributed by atoms with Gasteiger partial charge in [0, 0.05) is 102 Å². The topological polar surface area (TPSA) is 443 Å². The highest BCUT2D eigenvalue weighted by atomic mass is 16.6. The van der Waals surface area contributed by atoms with Crippen molar-refractivity contribution in [2.24, 2.45) is 35.5 Å². The van der Waals surface area contributed by atoms with E-state index < -0.39 is 89.5 Å². The number of nitrogens with one attached hydrogen (secondary N) is 2. The van der Waals surface area contributed by atoms with Crippen LogP contribution in [0.5, 0.6) is 0 Å². The molecule has 2 bridgehead atoms. The van der Waals surface area contributed by atoms with E-state index in [9.17, 15) is 48.9 Å². The molecule has 3 amide bonds. The van der Waals surface area contributed by atoms with Gasteiger partial charge in [-0.2, -0.15) is 10.1 Å². The maximum Gasteiger partial charge on any atom is 0.329 e. The van der Waals surface area contributed by atoms with E-state index in [2.05, 4.69) is 35.9 Å². The Labute approximate surface area is 696 Å². The molecule has 7 heterocycles. The van der Waals surface area contributed by atoms with Gasteiger partial charge >= 0.3 is 5.97 Å². The molecule has 33 nitrogen and oxygen atoms in total. The molecule has 0 unspecified atom stereocenters. The summed E-state index contributed by atoms with van der Waals surface area (Å²) < 4.78 is 62.6. The Hall–Kier alpha value is -8.61. The molecule has 0 spiro atoms. The second-order valence-corrected chi connectivity index (χ2v) is 32.3. The van der Waals surface area contributed by atoms with Crippen LogP contribution in [0.1, 0.15) is 170 Å². The minimum absolute atomic E-state index is 0.0538. The lowest BCUT2D eigenvalue weighted by Crippen LogP contribution is -2.61. The predicted octanol–water partition coefficient (Wildman–Crippen LogP) is 7.84. The Morgan fingerprint density at radius 2 is 1.49 bits per heavy atom. The number of methoxy groups -OCH3 is 2. The second-order valence-electron chi connectivity index (χ2n) is 32.3. The average Bonchev–Trinajstić information content (AvgIpc) is 1.62. The Balaban J connectivity index is 0.630. The van der Waals surface area contributed by atoms with Gasteiger partial charge in [-0.05, 0) is 157 Å². The first kappa shape index (κ1) is 94.2. The van der Waals surface area contributed by atoms with Crippen molar-refractivity contribution in [2.45, 2.75) is 238 Å². The number of allylic oxidation sites excluding steroid dienone is 6. The number of ketones is 3. The number of aliphatic hydroxyl groups is 3. The lowest BCUT2D eigenvalue weighted by Gasteiger charge is -2.42. The van der Waals surface area contributed by atoms with Crippen molar-refractivity contribution < 1.29 is 95.9 Å². The molecule has 15 atom stereocenters. The fraction of sp³-hybridized carbons (Fsp3) is 0.663. The van der Waals surface area contributed by atoms with Gasteiger partial charge in [-0.3, -0.25) is 28.8 Å². The van der Waals surface area contributed by atoms with E-state index in [4.69, 9.17) is 63.6 Å². The van der Waals surface area contributed by atoms with Crippen molar-refractivity contribution in [3.63, 3.8) is 0 Å². The summed E-state index contributed by atoms with van der Waals surface area (Å²) in [4.78, 5) is 111. The van der Waals surface area contributed by atoms with Crippen LogP contribution in [0.25, 0.3) is 33.4 Å². The molecule has 119 heavy (non-hydrogen) atoms. The number of carbonyl (C=O) groups is 7. The normalized spacial score (nSPS) is 26.7. The number of aryl methyl sites for hydroxylation is 2. The SMILES string of the molecule is CO[C@H]1C[C@@H]2CC[C@@H](C)[C@@](O)(O2)C(=O)C(=O)N2CCCC[C@H]2C(=O)O[C@H]([C@H](C)C[C@@H]2CC[C@@H](OCCCCc3cn(CCOCCOCCOCCOCCNC(=O)CCC(=O)NCCCCn4nc(-c5ccc6oc(N)nc6c5)c5c(N)ncnc54)nn3)[C@H](OC)C2)CC(=O)[C@H](C)/C=C(\C)[C@@H](O)[C@@H](O)C(=O)[C@H](C)C[C@H](C)/C=C/C=CC=C1C. The molecule has 3 aliphatic heterocycles. The number of nitrogens with two attached hydrogens (primary N) is 2. The monoisotopic (exact) mass is 1660 g/mol. The van der Waals surface area contributed by atoms with Crippen LogP contribution in [0.2, 0.25) is 0 Å². The van der Waals surface area contributed by atoms with Gasteiger partial charge in [0.25, 0.3) is 17.7 Å². The number of nitrogen functional groups attached to an aromatic ring is 2. The van der Waals surface area contributed by atoms with Crippen LogP contribution in [-0.2, 0) is 95.7 Å². The molecular weight excluding hydrogens is 1540 g/mol. The van der Waals surface area contributed by atoms with Crippen LogP contribution in [0.15, 0.2) is 82.7 Å². The van der Waals surface area contributed by atoms with E-state index in [1.165, 1.54) is 17.3 Å². The zero-order valence-corrected chi connectivity index (χ0v) is 70.7. The summed E-state index contributed by atoms with van der Waals surface area (Å²) >= 11 is 0. The van der Waals surface area contributed by atoms with Gasteiger partial charge in [0.15, 0.2) is 17.0 Å². The van der Waals surface area contributed by atoms with E-state index in [0.717, 1.165) is 36.1 Å². The molecule has 3 fully saturated rings. The number of amides is 3. The number of anilines is 2. The summed E-state index contributed by atoms with van der Waals surface area (Å²) in [5, 5.41) is 54.4. The number of hydrogen-bond donors (Lipinski definition) is 7. The summed E-state index contributed by atoms with van der Waals surface area (Å²) in [5.41, 5.74) is 17.1. The average molecular weight is 1660 g/mol. The van der Waals surface area contributed by atoms with Gasteiger partial charge in [0.05, 0.1) is 94.9 Å². The molecular formula is C86H127N13O20. The van der Waals surface area contributed by atoms with Crippen molar-refractivity contribution in [3.8, 4) is 11.3 Å². The number of Topliss-reactive ketones (excluding diaryl/α,β-unsaturated/α-hetero) is 3. The van der Waals surface area contributed by atoms with Crippen molar-refractivity contribution in [1.82, 2.24) is 55.3 Å². The van der Waals surface area contributed by atoms with Gasteiger partial charge < -0.3 is 89.4 Å². The van der Waals surface area contributed by atoms with Gasteiger partial charge in [0.2, 0.25) is 17.6 Å². The smallest absolute Gasteiger partial charge is 0.329 e. The number of benzene rings is 1. The first-order valence-electron chi connectivity index (χ1n) is 42.4. The number of oxazole rings is 1. The zero-order valence-electron chi connectivity index (χ0n) is 70.7. The fourth-order valence-electron chi connectivity index (χ4n) is 16.0. The third-order valence-electron chi connectivity index (χ3n) is 23.1. The summed E-state index contributed by atoms with van der Waals surface area (Å²) in [5.74, 6) is -9.00. The van der Waals surface area contributed by atoms with Crippen LogP contribution in [0.4, 0.5) is 11.8 Å². The second kappa shape index (κ2) is 47.6. The largest absolute Gasteiger partial charge is 0.460 e. The molecule has 2 saturated heterocycles. The summed E-state index contributed by atoms with van der Waals surface area (Å²) in [6, 6.07) is 4.33. The minimum Gasteiger partial charge on any atom is -0.460 e. The van der Waals surface area contributed by atoms with E-state index in [1.54, 1.807) is 57.3 Å². The summed E-state index contributed by atoms with van der Waals surface area (Å²) in [6.07, 6.45) is 17.5. The molecule has 1 aliphatic carbocycles. The number of cyclic esters (lactones) is 1. The maximum atomic E-state index is 14.7. The van der Waals surface area contributed by atoms with Crippen LogP contribution in [0.3, 0.4) is 0 Å². The number of unbranched alkanes of at least 4 members (excludes halogenated alkanes) is 2. The third-order valence-corrected chi connectivity index (χ3v) is 23.1. The Morgan fingerprint density at radius 3 is 2.23 bits per heavy atom. The standard InChI is InChI=1S/C86H127N13O20/c1-54-19-11-10-12-20-55(2)70(110-8)50-64-26-23-60(7)86(109,119-64)80(106)83(107)98-33-16-13-22-66(98)84(108)117-71(51-67(100)56(3)46-59(6)78(104)79(105)77(103)58(5)45-54)57(4)47-61-24-27-69(72(48-61)111-9)116-36-18-14-21-63-52-97(96-94-63)35-38-113-40-42-115-44-43-114-41-39-112-37-32-90-74(102)30-29-73(101)89-31-15-17-34-99-82-75(81(87)91-53-92-82)76(95-99)62-25-28-68-65(49-62)93-85(88)118-68/h10-12,19-20,25,28,46,49,52-54,56-58,60-61,64,66,69-72,78-79,104-105,109H,13-18,21-24,26-27,29-45,47-48,50-51H2,1-9H3,(H2,88,93)(H,89,101)(H,90,102)(H2,87,91,92)/b12-10?,19-11+,55-20?,59-46+/t54-,56-,57-,58-,60-,61+,64+,66+,69-,70+,71+,72-,78-,79+,86-/m1/s1. The molecule has 4 aromatic heterocycles. The Bertz CT molecular complexity index is 4240. The van der Waals surface area contributed by atoms with Gasteiger partial charge in [0.1, 0.15) is 53.5 Å². The molecule has 1 saturated carbocycles. The van der Waals surface area contributed by atoms with Crippen molar-refractivity contribution in [2.75, 3.05) is 105 Å². The quantitative estimate of drug-likeness (QED) is 0.00878. The summed E-state index contributed by atoms with van der Waals surface area (Å²) in [6.45, 7) is 17.7. The number of ether oxygens (including phenoxy) is 9. The number of fused-ring (bicyclic) bond motifs is 5. The van der Waals surface area contributed by atoms with Crippen LogP contribution < -0.4 is 22.1 Å². The van der Waals surface area contributed by atoms with Crippen molar-refractivity contribution >= 4 is 75.0 Å². The molecule has 0 radical (unpaired) electrons. The minimum atomic E-state index is -2.47. The molecule has 9 rings (SSSR count). The number of rotatable bonds is 35. The maximum absolute atomic E-state index is 14.7. The molecule has 9 N–H and O–H groups in total. The van der Waals surface area contributed by atoms with Gasteiger partial charge in [-0.15, -0.1) is 5.10 Å². The Kier molecular flexibility index (Phi) is 37.7. The van der Waals surface area contributed by atoms with Crippen LogP contribution in [-0.4, -0.2) is 249 Å². The first-order chi connectivity index (χ1) is 57.2. The molecule has 656 valence electrons. The van der Waals surface area contributed by atoms with E-state index in [0.29, 0.717) is 190 Å². The van der Waals surface area contributed by atoms with Crippen LogP contribution in [0, 0.1) is 35.5 Å². The lowest BCUT2D eigenvalue weighted by atomic mass is 9.78. The number of esters is 1. The molecule has 1 aromatic carbocycles. The van der Waals surface area contributed by atoms with E-state index in [-0.39, 0.29) is 91.9 Å². The van der Waals surface area contributed by atoms with Crippen LogP contribution >= 0.6 is 0 Å². The highest BCUT2D eigenvalue weighted by Crippen LogP contribution is 2.39. The van der Waals surface area contributed by atoms with Crippen molar-refractivity contribution in [3.05, 3.63) is 84.0 Å². The number of aliphatic hydroxyl groups excluding tert-OH is 2. The molecule has 4 aliphatic rings. The number of piperidine rings is 1. The summed E-state index contributed by atoms with van der Waals surface area (Å²) in [7, 11) is 3.23.